The van der Waals surface area contributed by atoms with Gasteiger partial charge in [0.1, 0.15) is 0 Å². The highest BCUT2D eigenvalue weighted by Gasteiger charge is 2.16. The fourth-order valence-electron chi connectivity index (χ4n) is 2.32. The van der Waals surface area contributed by atoms with Gasteiger partial charge in [-0.15, -0.1) is 0 Å². The minimum Gasteiger partial charge on any atom is -0.478 e. The van der Waals surface area contributed by atoms with E-state index in [1.54, 1.807) is 6.07 Å². The lowest BCUT2D eigenvalue weighted by atomic mass is 9.90. The molecule has 2 rings (SSSR count). The van der Waals surface area contributed by atoms with Gasteiger partial charge in [0.25, 0.3) is 0 Å². The van der Waals surface area contributed by atoms with Gasteiger partial charge in [-0.3, -0.25) is 0 Å². The zero-order valence-corrected chi connectivity index (χ0v) is 10.6. The minimum atomic E-state index is -0.872. The summed E-state index contributed by atoms with van der Waals surface area (Å²) in [6, 6.07) is 13.3. The lowest BCUT2D eigenvalue weighted by molar-refractivity contribution is 0.0697. The SMILES string of the molecule is CCc1c(C)ccc(C(=O)O)c1-c1ccccc1. The maximum absolute atomic E-state index is 11.4. The molecule has 18 heavy (non-hydrogen) atoms. The number of rotatable bonds is 3. The van der Waals surface area contributed by atoms with E-state index >= 15 is 0 Å². The summed E-state index contributed by atoms with van der Waals surface area (Å²) >= 11 is 0. The number of carbonyl (C=O) groups is 1. The maximum atomic E-state index is 11.4. The van der Waals surface area contributed by atoms with E-state index in [0.29, 0.717) is 5.56 Å². The van der Waals surface area contributed by atoms with Crippen LogP contribution in [0, 0.1) is 6.92 Å². The standard InChI is InChI=1S/C16H16O2/c1-3-13-11(2)9-10-14(16(17)18)15(13)12-7-5-4-6-8-12/h4-10H,3H2,1-2H3,(H,17,18). The van der Waals surface area contributed by atoms with Crippen molar-refractivity contribution in [2.45, 2.75) is 20.3 Å². The Labute approximate surface area is 107 Å². The Morgan fingerprint density at radius 3 is 2.33 bits per heavy atom. The average molecular weight is 240 g/mol. The Kier molecular flexibility index (Phi) is 3.47. The van der Waals surface area contributed by atoms with Crippen LogP contribution in [0.3, 0.4) is 0 Å². The monoisotopic (exact) mass is 240 g/mol. The minimum absolute atomic E-state index is 0.378. The van der Waals surface area contributed by atoms with Crippen LogP contribution in [0.5, 0.6) is 0 Å². The molecule has 2 aromatic rings. The van der Waals surface area contributed by atoms with Gasteiger partial charge in [0.05, 0.1) is 5.56 Å². The van der Waals surface area contributed by atoms with E-state index < -0.39 is 5.97 Å². The molecule has 1 N–H and O–H groups in total. The maximum Gasteiger partial charge on any atom is 0.336 e. The van der Waals surface area contributed by atoms with E-state index in [4.69, 9.17) is 0 Å². The van der Waals surface area contributed by atoms with Crippen LogP contribution in [-0.2, 0) is 6.42 Å². The van der Waals surface area contributed by atoms with Crippen molar-refractivity contribution in [2.75, 3.05) is 0 Å². The van der Waals surface area contributed by atoms with Gasteiger partial charge in [0, 0.05) is 0 Å². The van der Waals surface area contributed by atoms with Gasteiger partial charge in [-0.1, -0.05) is 43.3 Å². The molecular formula is C16H16O2. The largest absolute Gasteiger partial charge is 0.478 e. The average Bonchev–Trinajstić information content (AvgIpc) is 2.39. The van der Waals surface area contributed by atoms with Gasteiger partial charge in [-0.25, -0.2) is 4.79 Å². The third-order valence-corrected chi connectivity index (χ3v) is 3.19. The molecule has 0 heterocycles. The van der Waals surface area contributed by atoms with E-state index in [1.807, 2.05) is 43.3 Å². The van der Waals surface area contributed by atoms with Crippen molar-refractivity contribution in [3.05, 3.63) is 59.2 Å². The zero-order valence-electron chi connectivity index (χ0n) is 10.6. The van der Waals surface area contributed by atoms with Gasteiger partial charge < -0.3 is 5.11 Å². The first-order chi connectivity index (χ1) is 8.65. The van der Waals surface area contributed by atoms with Crippen molar-refractivity contribution in [1.29, 1.82) is 0 Å². The molecule has 0 amide bonds. The van der Waals surface area contributed by atoms with E-state index in [-0.39, 0.29) is 0 Å². The summed E-state index contributed by atoms with van der Waals surface area (Å²) in [5.74, 6) is -0.872. The summed E-state index contributed by atoms with van der Waals surface area (Å²) in [6.45, 7) is 4.08. The van der Waals surface area contributed by atoms with Crippen LogP contribution >= 0.6 is 0 Å². The summed E-state index contributed by atoms with van der Waals surface area (Å²) in [5, 5.41) is 9.34. The van der Waals surface area contributed by atoms with Gasteiger partial charge in [0.15, 0.2) is 0 Å². The molecule has 0 aliphatic rings. The number of carboxylic acid groups (broad SMARTS) is 1. The summed E-state index contributed by atoms with van der Waals surface area (Å²) < 4.78 is 0. The second kappa shape index (κ2) is 5.05. The number of aromatic carboxylic acids is 1. The second-order valence-corrected chi connectivity index (χ2v) is 4.31. The lowest BCUT2D eigenvalue weighted by Crippen LogP contribution is -2.04. The topological polar surface area (TPSA) is 37.3 Å². The second-order valence-electron chi connectivity index (χ2n) is 4.31. The number of hydrogen-bond acceptors (Lipinski definition) is 1. The fourth-order valence-corrected chi connectivity index (χ4v) is 2.32. The zero-order chi connectivity index (χ0) is 13.1. The molecule has 0 atom stereocenters. The molecular weight excluding hydrogens is 224 g/mol. The molecule has 92 valence electrons. The molecule has 0 radical (unpaired) electrons. The van der Waals surface area contributed by atoms with Crippen LogP contribution < -0.4 is 0 Å². The molecule has 0 aliphatic heterocycles. The van der Waals surface area contributed by atoms with E-state index in [2.05, 4.69) is 6.92 Å². The molecule has 0 bridgehead atoms. The van der Waals surface area contributed by atoms with E-state index in [9.17, 15) is 9.90 Å². The Bertz CT molecular complexity index is 571. The molecule has 0 saturated heterocycles. The van der Waals surface area contributed by atoms with Crippen LogP contribution in [-0.4, -0.2) is 11.1 Å². The highest BCUT2D eigenvalue weighted by atomic mass is 16.4. The van der Waals surface area contributed by atoms with Crippen molar-refractivity contribution < 1.29 is 9.90 Å². The van der Waals surface area contributed by atoms with Gasteiger partial charge >= 0.3 is 5.97 Å². The highest BCUT2D eigenvalue weighted by molar-refractivity contribution is 5.97. The Morgan fingerprint density at radius 2 is 1.78 bits per heavy atom. The van der Waals surface area contributed by atoms with Crippen molar-refractivity contribution in [3.8, 4) is 11.1 Å². The molecule has 2 nitrogen and oxygen atoms in total. The highest BCUT2D eigenvalue weighted by Crippen LogP contribution is 2.30. The third kappa shape index (κ3) is 2.14. The number of hydrogen-bond donors (Lipinski definition) is 1. The smallest absolute Gasteiger partial charge is 0.336 e. The van der Waals surface area contributed by atoms with Crippen LogP contribution in [0.25, 0.3) is 11.1 Å². The van der Waals surface area contributed by atoms with Gasteiger partial charge in [-0.2, -0.15) is 0 Å². The van der Waals surface area contributed by atoms with Crippen LogP contribution in [0.1, 0.15) is 28.4 Å². The quantitative estimate of drug-likeness (QED) is 0.882. The molecule has 0 fully saturated rings. The van der Waals surface area contributed by atoms with Crippen molar-refractivity contribution >= 4 is 5.97 Å². The molecule has 2 heteroatoms. The Balaban J connectivity index is 2.77. The fraction of sp³-hybridized carbons (Fsp3) is 0.188. The predicted octanol–water partition coefficient (Wildman–Crippen LogP) is 3.92. The Morgan fingerprint density at radius 1 is 1.11 bits per heavy atom. The summed E-state index contributed by atoms with van der Waals surface area (Å²) in [7, 11) is 0. The number of aryl methyl sites for hydroxylation is 1. The predicted molar refractivity (Wildman–Crippen MR) is 73.0 cm³/mol. The summed E-state index contributed by atoms with van der Waals surface area (Å²) in [6.07, 6.45) is 0.831. The molecule has 0 spiro atoms. The number of carboxylic acids is 1. The van der Waals surface area contributed by atoms with Crippen LogP contribution in [0.4, 0.5) is 0 Å². The normalized spacial score (nSPS) is 10.3. The summed E-state index contributed by atoms with van der Waals surface area (Å²) in [5.41, 5.74) is 4.45. The molecule has 0 unspecified atom stereocenters. The third-order valence-electron chi connectivity index (χ3n) is 3.19. The van der Waals surface area contributed by atoms with E-state index in [1.165, 1.54) is 0 Å². The van der Waals surface area contributed by atoms with Crippen molar-refractivity contribution in [3.63, 3.8) is 0 Å². The Hall–Kier alpha value is -2.09. The van der Waals surface area contributed by atoms with Gasteiger partial charge in [0.2, 0.25) is 0 Å². The van der Waals surface area contributed by atoms with Crippen LogP contribution in [0.2, 0.25) is 0 Å². The van der Waals surface area contributed by atoms with E-state index in [0.717, 1.165) is 28.7 Å². The van der Waals surface area contributed by atoms with Crippen molar-refractivity contribution in [2.24, 2.45) is 0 Å². The first-order valence-corrected chi connectivity index (χ1v) is 6.06. The summed E-state index contributed by atoms with van der Waals surface area (Å²) in [4.78, 5) is 11.4. The van der Waals surface area contributed by atoms with Crippen LogP contribution in [0.15, 0.2) is 42.5 Å². The molecule has 0 aromatic heterocycles. The molecule has 0 aliphatic carbocycles. The van der Waals surface area contributed by atoms with Gasteiger partial charge in [-0.05, 0) is 41.7 Å². The lowest BCUT2D eigenvalue weighted by Gasteiger charge is -2.14. The molecule has 0 saturated carbocycles. The first-order valence-electron chi connectivity index (χ1n) is 6.06. The van der Waals surface area contributed by atoms with Crippen molar-refractivity contribution in [1.82, 2.24) is 0 Å². The molecule has 2 aromatic carbocycles. The first kappa shape index (κ1) is 12.4. The number of benzene rings is 2.